The first-order valence-corrected chi connectivity index (χ1v) is 7.05. The average molecular weight is 298 g/mol. The van der Waals surface area contributed by atoms with Gasteiger partial charge in [0.2, 0.25) is 11.7 Å². The normalized spacial score (nSPS) is 18.8. The van der Waals surface area contributed by atoms with Crippen LogP contribution >= 0.6 is 0 Å². The maximum Gasteiger partial charge on any atom is 0.222 e. The number of carbonyl (C=O) groups excluding carboxylic acids is 1. The Morgan fingerprint density at radius 2 is 2.10 bits per heavy atom. The number of benzene rings is 1. The zero-order valence-electron chi connectivity index (χ0n) is 12.5. The fourth-order valence-electron chi connectivity index (χ4n) is 2.66. The van der Waals surface area contributed by atoms with E-state index in [1.165, 1.54) is 19.2 Å². The van der Waals surface area contributed by atoms with Gasteiger partial charge in [-0.2, -0.15) is 4.39 Å². The standard InChI is InChI=1S/C15H20F2N2O2/c1-4-14(20)18-5-6-19(10(2)9-18)11-7-12(16)15(17)13(8-11)21-3/h7-8,10H,4-6,9H2,1-3H3. The molecule has 1 heterocycles. The van der Waals surface area contributed by atoms with E-state index in [0.29, 0.717) is 31.7 Å². The van der Waals surface area contributed by atoms with Crippen molar-refractivity contribution in [3.8, 4) is 5.75 Å². The summed E-state index contributed by atoms with van der Waals surface area (Å²) >= 11 is 0. The highest BCUT2D eigenvalue weighted by molar-refractivity contribution is 5.76. The predicted octanol–water partition coefficient (Wildman–Crippen LogP) is 2.42. The fraction of sp³-hybridized carbons (Fsp3) is 0.533. The van der Waals surface area contributed by atoms with E-state index in [1.54, 1.807) is 4.90 Å². The Bertz CT molecular complexity index is 537. The van der Waals surface area contributed by atoms with Gasteiger partial charge in [-0.25, -0.2) is 4.39 Å². The van der Waals surface area contributed by atoms with Crippen molar-refractivity contribution in [3.63, 3.8) is 0 Å². The summed E-state index contributed by atoms with van der Waals surface area (Å²) in [4.78, 5) is 15.5. The summed E-state index contributed by atoms with van der Waals surface area (Å²) in [6.45, 7) is 5.54. The van der Waals surface area contributed by atoms with E-state index in [2.05, 4.69) is 0 Å². The van der Waals surface area contributed by atoms with Crippen LogP contribution in [0.15, 0.2) is 12.1 Å². The van der Waals surface area contributed by atoms with Crippen LogP contribution in [0.3, 0.4) is 0 Å². The predicted molar refractivity (Wildman–Crippen MR) is 76.6 cm³/mol. The monoisotopic (exact) mass is 298 g/mol. The zero-order valence-corrected chi connectivity index (χ0v) is 12.5. The number of hydrogen-bond acceptors (Lipinski definition) is 3. The Morgan fingerprint density at radius 1 is 1.38 bits per heavy atom. The molecule has 1 atom stereocenters. The zero-order chi connectivity index (χ0) is 15.6. The average Bonchev–Trinajstić information content (AvgIpc) is 2.49. The van der Waals surface area contributed by atoms with Crippen molar-refractivity contribution in [2.45, 2.75) is 26.3 Å². The third-order valence-electron chi connectivity index (χ3n) is 3.81. The van der Waals surface area contributed by atoms with Crippen LogP contribution in [0, 0.1) is 11.6 Å². The molecule has 0 N–H and O–H groups in total. The van der Waals surface area contributed by atoms with E-state index in [9.17, 15) is 13.6 Å². The molecule has 1 aliphatic heterocycles. The van der Waals surface area contributed by atoms with Crippen molar-refractivity contribution >= 4 is 11.6 Å². The molecule has 0 radical (unpaired) electrons. The number of piperazine rings is 1. The van der Waals surface area contributed by atoms with E-state index in [1.807, 2.05) is 18.7 Å². The van der Waals surface area contributed by atoms with Crippen LogP contribution < -0.4 is 9.64 Å². The van der Waals surface area contributed by atoms with Gasteiger partial charge in [0, 0.05) is 49.9 Å². The summed E-state index contributed by atoms with van der Waals surface area (Å²) in [6, 6.07) is 2.70. The number of amides is 1. The molecule has 1 saturated heterocycles. The van der Waals surface area contributed by atoms with Gasteiger partial charge in [0.15, 0.2) is 11.6 Å². The van der Waals surface area contributed by atoms with Crippen molar-refractivity contribution in [2.24, 2.45) is 0 Å². The third-order valence-corrected chi connectivity index (χ3v) is 3.81. The Morgan fingerprint density at radius 3 is 2.67 bits per heavy atom. The van der Waals surface area contributed by atoms with Crippen molar-refractivity contribution in [1.29, 1.82) is 0 Å². The summed E-state index contributed by atoms with van der Waals surface area (Å²) < 4.78 is 32.0. The van der Waals surface area contributed by atoms with Gasteiger partial charge in [-0.3, -0.25) is 4.79 Å². The third kappa shape index (κ3) is 3.09. The lowest BCUT2D eigenvalue weighted by Gasteiger charge is -2.41. The summed E-state index contributed by atoms with van der Waals surface area (Å²) in [5.74, 6) is -1.90. The largest absolute Gasteiger partial charge is 0.493 e. The molecule has 2 rings (SSSR count). The molecule has 1 amide bonds. The van der Waals surface area contributed by atoms with Crippen molar-refractivity contribution in [2.75, 3.05) is 31.6 Å². The molecule has 1 aliphatic rings. The van der Waals surface area contributed by atoms with Gasteiger partial charge in [-0.05, 0) is 6.92 Å². The minimum atomic E-state index is -0.978. The smallest absolute Gasteiger partial charge is 0.222 e. The second-order valence-corrected chi connectivity index (χ2v) is 5.18. The van der Waals surface area contributed by atoms with Gasteiger partial charge >= 0.3 is 0 Å². The molecule has 1 aromatic carbocycles. The molecule has 0 spiro atoms. The van der Waals surface area contributed by atoms with E-state index >= 15 is 0 Å². The van der Waals surface area contributed by atoms with E-state index in [-0.39, 0.29) is 17.7 Å². The van der Waals surface area contributed by atoms with Crippen LogP contribution in [-0.2, 0) is 4.79 Å². The minimum absolute atomic E-state index is 0.0313. The SMILES string of the molecule is CCC(=O)N1CCN(c2cc(F)c(F)c(OC)c2)C(C)C1. The van der Waals surface area contributed by atoms with E-state index in [4.69, 9.17) is 4.74 Å². The first-order valence-electron chi connectivity index (χ1n) is 7.05. The Labute approximate surface area is 123 Å². The Kier molecular flexibility index (Phi) is 4.65. The highest BCUT2D eigenvalue weighted by Gasteiger charge is 2.27. The van der Waals surface area contributed by atoms with Crippen molar-refractivity contribution in [1.82, 2.24) is 4.90 Å². The summed E-state index contributed by atoms with van der Waals surface area (Å²) in [5.41, 5.74) is 0.571. The lowest BCUT2D eigenvalue weighted by Crippen LogP contribution is -2.53. The Hall–Kier alpha value is -1.85. The number of halogens is 2. The number of methoxy groups -OCH3 is 1. The molecule has 0 saturated carbocycles. The number of carbonyl (C=O) groups is 1. The molecule has 116 valence electrons. The first kappa shape index (κ1) is 15.5. The molecule has 21 heavy (non-hydrogen) atoms. The molecule has 6 heteroatoms. The second kappa shape index (κ2) is 6.28. The first-order chi connectivity index (χ1) is 9.97. The van der Waals surface area contributed by atoms with Gasteiger partial charge in [0.05, 0.1) is 7.11 Å². The fourth-order valence-corrected chi connectivity index (χ4v) is 2.66. The quantitative estimate of drug-likeness (QED) is 0.859. The van der Waals surface area contributed by atoms with Gasteiger partial charge in [-0.1, -0.05) is 6.92 Å². The maximum atomic E-state index is 13.6. The maximum absolute atomic E-state index is 13.6. The van der Waals surface area contributed by atoms with Crippen LogP contribution in [-0.4, -0.2) is 43.6 Å². The topological polar surface area (TPSA) is 32.8 Å². The molecule has 1 fully saturated rings. The number of nitrogens with zero attached hydrogens (tertiary/aromatic N) is 2. The highest BCUT2D eigenvalue weighted by Crippen LogP contribution is 2.29. The molecule has 1 aromatic rings. The Balaban J connectivity index is 2.20. The van der Waals surface area contributed by atoms with Crippen LogP contribution in [0.5, 0.6) is 5.75 Å². The summed E-state index contributed by atoms with van der Waals surface area (Å²) in [6.07, 6.45) is 0.478. The summed E-state index contributed by atoms with van der Waals surface area (Å²) in [5, 5.41) is 0. The van der Waals surface area contributed by atoms with Crippen LogP contribution in [0.25, 0.3) is 0 Å². The molecular formula is C15H20F2N2O2. The van der Waals surface area contributed by atoms with Crippen molar-refractivity contribution in [3.05, 3.63) is 23.8 Å². The molecule has 0 aromatic heterocycles. The molecule has 4 nitrogen and oxygen atoms in total. The van der Waals surface area contributed by atoms with Gasteiger partial charge in [0.1, 0.15) is 0 Å². The van der Waals surface area contributed by atoms with Gasteiger partial charge in [0.25, 0.3) is 0 Å². The lowest BCUT2D eigenvalue weighted by atomic mass is 10.1. The lowest BCUT2D eigenvalue weighted by molar-refractivity contribution is -0.131. The molecule has 1 unspecified atom stereocenters. The van der Waals surface area contributed by atoms with Crippen LogP contribution in [0.1, 0.15) is 20.3 Å². The molecule has 0 bridgehead atoms. The van der Waals surface area contributed by atoms with Crippen LogP contribution in [0.2, 0.25) is 0 Å². The minimum Gasteiger partial charge on any atom is -0.493 e. The van der Waals surface area contributed by atoms with Gasteiger partial charge < -0.3 is 14.5 Å². The van der Waals surface area contributed by atoms with Crippen molar-refractivity contribution < 1.29 is 18.3 Å². The highest BCUT2D eigenvalue weighted by atomic mass is 19.2. The van der Waals surface area contributed by atoms with Gasteiger partial charge in [-0.15, -0.1) is 0 Å². The number of hydrogen-bond donors (Lipinski definition) is 0. The van der Waals surface area contributed by atoms with E-state index < -0.39 is 11.6 Å². The second-order valence-electron chi connectivity index (χ2n) is 5.18. The van der Waals surface area contributed by atoms with Crippen LogP contribution in [0.4, 0.5) is 14.5 Å². The number of anilines is 1. The summed E-state index contributed by atoms with van der Waals surface area (Å²) in [7, 11) is 1.31. The molecule has 0 aliphatic carbocycles. The number of rotatable bonds is 3. The number of ether oxygens (including phenoxy) is 1. The van der Waals surface area contributed by atoms with E-state index in [0.717, 1.165) is 0 Å². The molecular weight excluding hydrogens is 278 g/mol.